The molecule has 1 aliphatic heterocycles. The van der Waals surface area contributed by atoms with Gasteiger partial charge in [0, 0.05) is 13.1 Å². The Hall–Kier alpha value is -1.82. The van der Waals surface area contributed by atoms with E-state index in [1.807, 2.05) is 0 Å². The van der Waals surface area contributed by atoms with E-state index in [9.17, 15) is 9.59 Å². The molecular formula is C13H16ClN3O3. The molecule has 1 fully saturated rings. The molecule has 0 unspecified atom stereocenters. The van der Waals surface area contributed by atoms with Gasteiger partial charge in [-0.3, -0.25) is 9.59 Å². The second kappa shape index (κ2) is 6.09. The predicted octanol–water partition coefficient (Wildman–Crippen LogP) is 1.34. The van der Waals surface area contributed by atoms with Crippen LogP contribution in [0.15, 0.2) is 12.3 Å². The first-order chi connectivity index (χ1) is 9.52. The largest absolute Gasteiger partial charge is 0.469 e. The molecule has 0 spiro atoms. The Morgan fingerprint density at radius 1 is 1.45 bits per heavy atom. The van der Waals surface area contributed by atoms with Crippen molar-refractivity contribution in [1.82, 2.24) is 9.88 Å². The number of rotatable bonds is 2. The van der Waals surface area contributed by atoms with Crippen molar-refractivity contribution in [2.24, 2.45) is 5.92 Å². The van der Waals surface area contributed by atoms with Crippen LogP contribution in [0, 0.1) is 5.92 Å². The zero-order valence-corrected chi connectivity index (χ0v) is 11.9. The van der Waals surface area contributed by atoms with Gasteiger partial charge in [-0.2, -0.15) is 0 Å². The van der Waals surface area contributed by atoms with Crippen LogP contribution in [-0.4, -0.2) is 42.0 Å². The van der Waals surface area contributed by atoms with E-state index >= 15 is 0 Å². The summed E-state index contributed by atoms with van der Waals surface area (Å²) in [7, 11) is 1.37. The summed E-state index contributed by atoms with van der Waals surface area (Å²) in [5, 5.41) is 0.138. The number of carbonyl (C=O) groups is 2. The van der Waals surface area contributed by atoms with Gasteiger partial charge < -0.3 is 15.4 Å². The number of esters is 1. The summed E-state index contributed by atoms with van der Waals surface area (Å²) >= 11 is 5.92. The highest BCUT2D eigenvalue weighted by Gasteiger charge is 2.29. The minimum atomic E-state index is -0.222. The van der Waals surface area contributed by atoms with Gasteiger partial charge in [0.2, 0.25) is 0 Å². The summed E-state index contributed by atoms with van der Waals surface area (Å²) < 4.78 is 4.71. The summed E-state index contributed by atoms with van der Waals surface area (Å²) in [6.45, 7) is 0.980. The Bertz CT molecular complexity index is 528. The quantitative estimate of drug-likeness (QED) is 0.658. The van der Waals surface area contributed by atoms with E-state index in [2.05, 4.69) is 4.98 Å². The fourth-order valence-corrected chi connectivity index (χ4v) is 2.45. The van der Waals surface area contributed by atoms with Crippen molar-refractivity contribution in [3.05, 3.63) is 23.0 Å². The predicted molar refractivity (Wildman–Crippen MR) is 74.3 cm³/mol. The Labute approximate surface area is 121 Å². The van der Waals surface area contributed by atoms with Crippen LogP contribution in [0.1, 0.15) is 23.2 Å². The molecule has 0 saturated carbocycles. The number of likely N-dealkylation sites (tertiary alicyclic amines) is 1. The number of nitrogen functional groups attached to an aromatic ring is 1. The average Bonchev–Trinajstić information content (AvgIpc) is 2.48. The monoisotopic (exact) mass is 297 g/mol. The molecule has 108 valence electrons. The normalized spacial score (nSPS) is 16.0. The molecule has 0 radical (unpaired) electrons. The molecule has 0 bridgehead atoms. The van der Waals surface area contributed by atoms with E-state index in [1.165, 1.54) is 19.4 Å². The van der Waals surface area contributed by atoms with Gasteiger partial charge in [-0.1, -0.05) is 11.6 Å². The van der Waals surface area contributed by atoms with Gasteiger partial charge >= 0.3 is 5.97 Å². The van der Waals surface area contributed by atoms with Crippen molar-refractivity contribution >= 4 is 29.2 Å². The summed E-state index contributed by atoms with van der Waals surface area (Å²) in [4.78, 5) is 29.3. The number of pyridine rings is 1. The Morgan fingerprint density at radius 2 is 2.10 bits per heavy atom. The molecule has 1 aromatic heterocycles. The number of aromatic nitrogens is 1. The van der Waals surface area contributed by atoms with Gasteiger partial charge in [-0.25, -0.2) is 4.98 Å². The third kappa shape index (κ3) is 3.01. The summed E-state index contributed by atoms with van der Waals surface area (Å²) in [5.41, 5.74) is 6.31. The van der Waals surface area contributed by atoms with Crippen LogP contribution in [0.4, 0.5) is 5.69 Å². The molecule has 1 amide bonds. The average molecular weight is 298 g/mol. The number of nitrogens with zero attached hydrogens (tertiary/aromatic N) is 2. The number of carbonyl (C=O) groups excluding carboxylic acids is 2. The molecule has 7 heteroatoms. The van der Waals surface area contributed by atoms with E-state index in [-0.39, 0.29) is 22.9 Å². The van der Waals surface area contributed by atoms with Gasteiger partial charge in [0.1, 0.15) is 5.15 Å². The summed E-state index contributed by atoms with van der Waals surface area (Å²) in [5.74, 6) is -0.572. The number of amides is 1. The van der Waals surface area contributed by atoms with Crippen LogP contribution in [0.3, 0.4) is 0 Å². The van der Waals surface area contributed by atoms with Crippen LogP contribution in [-0.2, 0) is 9.53 Å². The van der Waals surface area contributed by atoms with Crippen LogP contribution < -0.4 is 5.73 Å². The first-order valence-corrected chi connectivity index (χ1v) is 6.69. The standard InChI is InChI=1S/C13H16ClN3O3/c1-20-13(19)8-2-4-17(5-3-8)12(18)10-6-9(15)7-16-11(10)14/h6-8H,2-5,15H2,1H3. The molecule has 2 heterocycles. The fourth-order valence-electron chi connectivity index (χ4n) is 2.27. The highest BCUT2D eigenvalue weighted by Crippen LogP contribution is 2.23. The zero-order valence-electron chi connectivity index (χ0n) is 11.1. The number of anilines is 1. The van der Waals surface area contributed by atoms with Gasteiger partial charge in [-0.15, -0.1) is 0 Å². The lowest BCUT2D eigenvalue weighted by Crippen LogP contribution is -2.40. The Balaban J connectivity index is 2.05. The van der Waals surface area contributed by atoms with E-state index < -0.39 is 0 Å². The maximum atomic E-state index is 12.3. The zero-order chi connectivity index (χ0) is 14.7. The van der Waals surface area contributed by atoms with Gasteiger partial charge in [0.15, 0.2) is 0 Å². The Morgan fingerprint density at radius 3 is 2.70 bits per heavy atom. The molecular weight excluding hydrogens is 282 g/mol. The number of nitrogens with two attached hydrogens (primary N) is 1. The van der Waals surface area contributed by atoms with Crippen molar-refractivity contribution in [3.63, 3.8) is 0 Å². The first-order valence-electron chi connectivity index (χ1n) is 6.31. The second-order valence-corrected chi connectivity index (χ2v) is 5.05. The van der Waals surface area contributed by atoms with Crippen LogP contribution in [0.5, 0.6) is 0 Å². The van der Waals surface area contributed by atoms with Crippen molar-refractivity contribution in [3.8, 4) is 0 Å². The van der Waals surface area contributed by atoms with Crippen molar-refractivity contribution in [2.45, 2.75) is 12.8 Å². The minimum Gasteiger partial charge on any atom is -0.469 e. The second-order valence-electron chi connectivity index (χ2n) is 4.70. The molecule has 0 aliphatic carbocycles. The molecule has 1 aliphatic rings. The smallest absolute Gasteiger partial charge is 0.308 e. The first kappa shape index (κ1) is 14.6. The fraction of sp³-hybridized carbons (Fsp3) is 0.462. The molecule has 2 rings (SSSR count). The van der Waals surface area contributed by atoms with E-state index in [1.54, 1.807) is 4.90 Å². The Kier molecular flexibility index (Phi) is 4.44. The van der Waals surface area contributed by atoms with E-state index in [0.717, 1.165) is 0 Å². The molecule has 0 atom stereocenters. The third-order valence-corrected chi connectivity index (χ3v) is 3.71. The van der Waals surface area contributed by atoms with Crippen molar-refractivity contribution < 1.29 is 14.3 Å². The lowest BCUT2D eigenvalue weighted by Gasteiger charge is -2.30. The molecule has 1 aromatic rings. The van der Waals surface area contributed by atoms with Crippen LogP contribution >= 0.6 is 11.6 Å². The molecule has 0 aromatic carbocycles. The third-order valence-electron chi connectivity index (χ3n) is 3.41. The number of methoxy groups -OCH3 is 1. The molecule has 2 N–H and O–H groups in total. The SMILES string of the molecule is COC(=O)C1CCN(C(=O)c2cc(N)cnc2Cl)CC1. The van der Waals surface area contributed by atoms with Gasteiger partial charge in [0.05, 0.1) is 30.5 Å². The lowest BCUT2D eigenvalue weighted by atomic mass is 9.96. The van der Waals surface area contributed by atoms with E-state index in [0.29, 0.717) is 37.2 Å². The van der Waals surface area contributed by atoms with Crippen LogP contribution in [0.25, 0.3) is 0 Å². The van der Waals surface area contributed by atoms with Crippen molar-refractivity contribution in [1.29, 1.82) is 0 Å². The van der Waals surface area contributed by atoms with Crippen molar-refractivity contribution in [2.75, 3.05) is 25.9 Å². The minimum absolute atomic E-state index is 0.138. The number of halogens is 1. The molecule has 20 heavy (non-hydrogen) atoms. The molecule has 6 nitrogen and oxygen atoms in total. The summed E-state index contributed by atoms with van der Waals surface area (Å²) in [6.07, 6.45) is 2.58. The maximum Gasteiger partial charge on any atom is 0.308 e. The number of hydrogen-bond acceptors (Lipinski definition) is 5. The number of piperidine rings is 1. The summed E-state index contributed by atoms with van der Waals surface area (Å²) in [6, 6.07) is 1.52. The number of hydrogen-bond donors (Lipinski definition) is 1. The van der Waals surface area contributed by atoms with Crippen LogP contribution in [0.2, 0.25) is 5.15 Å². The lowest BCUT2D eigenvalue weighted by molar-refractivity contribution is -0.146. The van der Waals surface area contributed by atoms with Gasteiger partial charge in [0.25, 0.3) is 5.91 Å². The highest BCUT2D eigenvalue weighted by atomic mass is 35.5. The maximum absolute atomic E-state index is 12.3. The van der Waals surface area contributed by atoms with E-state index in [4.69, 9.17) is 22.1 Å². The molecule has 1 saturated heterocycles. The topological polar surface area (TPSA) is 85.5 Å². The van der Waals surface area contributed by atoms with Gasteiger partial charge in [-0.05, 0) is 18.9 Å². The number of ether oxygens (including phenoxy) is 1. The highest BCUT2D eigenvalue weighted by molar-refractivity contribution is 6.32.